The number of aromatic nitrogens is 3. The number of aliphatic hydroxyl groups is 1. The normalized spacial score (nSPS) is 42.5. The Labute approximate surface area is 223 Å². The number of halogens is 2. The molecule has 1 aromatic heterocycles. The van der Waals surface area contributed by atoms with E-state index in [0.29, 0.717) is 17.8 Å². The van der Waals surface area contributed by atoms with Gasteiger partial charge in [0.15, 0.2) is 17.4 Å². The van der Waals surface area contributed by atoms with Crippen molar-refractivity contribution in [1.82, 2.24) is 15.0 Å². The topological polar surface area (TPSA) is 77.2 Å². The molecule has 2 aromatic rings. The smallest absolute Gasteiger partial charge is 0.186 e. The zero-order valence-electron chi connectivity index (χ0n) is 23.1. The number of Topliss-reactive ketones (excluding diaryl/α,β-unsaturated/α-hetero) is 1. The van der Waals surface area contributed by atoms with Crippen LogP contribution in [0.4, 0.5) is 8.78 Å². The summed E-state index contributed by atoms with van der Waals surface area (Å²) in [5.41, 5.74) is -0.334. The van der Waals surface area contributed by atoms with Gasteiger partial charge in [0, 0.05) is 18.4 Å². The van der Waals surface area contributed by atoms with Crippen LogP contribution in [0.2, 0.25) is 0 Å². The number of hydrogen-bond acceptors (Lipinski definition) is 5. The molecule has 0 bridgehead atoms. The van der Waals surface area contributed by atoms with Gasteiger partial charge in [0.2, 0.25) is 0 Å². The van der Waals surface area contributed by atoms with Crippen molar-refractivity contribution < 1.29 is 23.4 Å². The number of nitrogens with zero attached hydrogens (tertiary/aromatic N) is 3. The number of fused-ring (bicyclic) bond motifs is 6. The monoisotopic (exact) mass is 529 g/mol. The zero-order chi connectivity index (χ0) is 27.1. The van der Waals surface area contributed by atoms with Gasteiger partial charge in [0.1, 0.15) is 17.6 Å². The molecule has 1 aromatic carbocycles. The van der Waals surface area contributed by atoms with Crippen molar-refractivity contribution in [3.63, 3.8) is 0 Å². The summed E-state index contributed by atoms with van der Waals surface area (Å²) in [6, 6.07) is 2.44. The first-order chi connectivity index (χ1) is 17.9. The summed E-state index contributed by atoms with van der Waals surface area (Å²) >= 11 is 0. The van der Waals surface area contributed by atoms with E-state index in [1.54, 1.807) is 0 Å². The molecule has 0 aliphatic heterocycles. The van der Waals surface area contributed by atoms with Gasteiger partial charge in [-0.1, -0.05) is 19.1 Å². The summed E-state index contributed by atoms with van der Waals surface area (Å²) in [6.07, 6.45) is 8.71. The predicted molar refractivity (Wildman–Crippen MR) is 139 cm³/mol. The van der Waals surface area contributed by atoms with Crippen LogP contribution < -0.4 is 0 Å². The third kappa shape index (κ3) is 3.65. The van der Waals surface area contributed by atoms with E-state index in [0.717, 1.165) is 70.5 Å². The van der Waals surface area contributed by atoms with Gasteiger partial charge in [-0.15, -0.1) is 5.10 Å². The molecule has 6 rings (SSSR count). The van der Waals surface area contributed by atoms with Gasteiger partial charge < -0.3 is 9.84 Å². The molecular weight excluding hydrogens is 488 g/mol. The molecule has 4 saturated carbocycles. The molecule has 8 atom stereocenters. The van der Waals surface area contributed by atoms with E-state index in [9.17, 15) is 18.7 Å². The average Bonchev–Trinajstić information content (AvgIpc) is 3.43. The Hall–Kier alpha value is -1.93. The van der Waals surface area contributed by atoms with Crippen LogP contribution in [-0.4, -0.2) is 45.2 Å². The summed E-state index contributed by atoms with van der Waals surface area (Å²) in [5, 5.41) is 18.9. The van der Waals surface area contributed by atoms with Crippen LogP contribution in [0.5, 0.6) is 0 Å². The van der Waals surface area contributed by atoms with Gasteiger partial charge in [-0.05, 0) is 105 Å². The summed E-state index contributed by atoms with van der Waals surface area (Å²) in [6.45, 7) is 7.41. The molecule has 6 nitrogen and oxygen atoms in total. The molecule has 1 N–H and O–H groups in total. The van der Waals surface area contributed by atoms with E-state index in [4.69, 9.17) is 4.74 Å². The van der Waals surface area contributed by atoms with Gasteiger partial charge >= 0.3 is 0 Å². The maximum Gasteiger partial charge on any atom is 0.186 e. The Bertz CT molecular complexity index is 1260. The Morgan fingerprint density at radius 3 is 2.58 bits per heavy atom. The Balaban J connectivity index is 1.28. The first-order valence-corrected chi connectivity index (χ1v) is 14.4. The first kappa shape index (κ1) is 26.3. The molecule has 4 aliphatic carbocycles. The summed E-state index contributed by atoms with van der Waals surface area (Å²) < 4.78 is 35.6. The highest BCUT2D eigenvalue weighted by atomic mass is 19.2. The van der Waals surface area contributed by atoms with Crippen LogP contribution in [-0.2, 0) is 16.1 Å². The fourth-order valence-corrected chi connectivity index (χ4v) is 10.3. The van der Waals surface area contributed by atoms with E-state index in [1.165, 1.54) is 10.7 Å². The summed E-state index contributed by atoms with van der Waals surface area (Å²) in [5.74, 6) is -0.670. The van der Waals surface area contributed by atoms with Crippen molar-refractivity contribution in [1.29, 1.82) is 0 Å². The van der Waals surface area contributed by atoms with E-state index >= 15 is 0 Å². The Morgan fingerprint density at radius 2 is 1.82 bits per heavy atom. The molecule has 0 unspecified atom stereocenters. The van der Waals surface area contributed by atoms with Crippen molar-refractivity contribution >= 4 is 16.8 Å². The molecule has 0 spiro atoms. The molecule has 208 valence electrons. The molecule has 1 heterocycles. The molecule has 0 amide bonds. The van der Waals surface area contributed by atoms with Gasteiger partial charge in [-0.3, -0.25) is 4.79 Å². The summed E-state index contributed by atoms with van der Waals surface area (Å²) in [4.78, 5) is 13.8. The summed E-state index contributed by atoms with van der Waals surface area (Å²) in [7, 11) is 1.81. The van der Waals surface area contributed by atoms with E-state index in [-0.39, 0.29) is 45.5 Å². The van der Waals surface area contributed by atoms with E-state index < -0.39 is 17.2 Å². The molecule has 38 heavy (non-hydrogen) atoms. The van der Waals surface area contributed by atoms with Crippen molar-refractivity contribution in [2.45, 2.75) is 90.7 Å². The second-order valence-electron chi connectivity index (χ2n) is 13.8. The van der Waals surface area contributed by atoms with Crippen molar-refractivity contribution in [2.75, 3.05) is 13.7 Å². The number of ketones is 1. The molecule has 8 heteroatoms. The lowest BCUT2D eigenvalue weighted by atomic mass is 9.38. The van der Waals surface area contributed by atoms with Crippen LogP contribution in [0.25, 0.3) is 11.0 Å². The van der Waals surface area contributed by atoms with E-state index in [2.05, 4.69) is 24.2 Å². The second kappa shape index (κ2) is 8.79. The molecule has 4 aliphatic rings. The Morgan fingerprint density at radius 1 is 1.05 bits per heavy atom. The number of ether oxygens (including phenoxy) is 1. The van der Waals surface area contributed by atoms with Gasteiger partial charge in [-0.2, -0.15) is 0 Å². The molecular formula is C30H41F2N3O3. The van der Waals surface area contributed by atoms with Crippen molar-refractivity contribution in [3.8, 4) is 0 Å². The van der Waals surface area contributed by atoms with Gasteiger partial charge in [0.05, 0.1) is 12.2 Å². The van der Waals surface area contributed by atoms with Crippen LogP contribution in [0.1, 0.15) is 78.6 Å². The molecule has 0 radical (unpaired) electrons. The molecule has 0 saturated heterocycles. The number of carbonyl (C=O) groups is 1. The molecule has 4 fully saturated rings. The lowest BCUT2D eigenvalue weighted by Gasteiger charge is -2.67. The first-order valence-electron chi connectivity index (χ1n) is 14.4. The van der Waals surface area contributed by atoms with Gasteiger partial charge in [-0.25, -0.2) is 13.5 Å². The minimum Gasteiger partial charge on any atom is -0.390 e. The SMILES string of the molecule is COC[C@]12CC[C@@](C)(O)C[C@@H]1CC[C@@]1(C)[C@@H]3CC[C@H](C(=O)Cn4nnc5ccc(F)c(F)c54)[C@@]3(C)CC[C@@H]12. The largest absolute Gasteiger partial charge is 0.390 e. The number of hydrogen-bond donors (Lipinski definition) is 1. The predicted octanol–water partition coefficient (Wildman–Crippen LogP) is 5.71. The van der Waals surface area contributed by atoms with Crippen LogP contribution in [0.15, 0.2) is 12.1 Å². The number of carbonyl (C=O) groups excluding carboxylic acids is 1. The number of methoxy groups -OCH3 is 1. The fraction of sp³-hybridized carbons (Fsp3) is 0.767. The highest BCUT2D eigenvalue weighted by Gasteiger charge is 2.67. The Kier molecular flexibility index (Phi) is 6.08. The fourth-order valence-electron chi connectivity index (χ4n) is 10.3. The average molecular weight is 530 g/mol. The zero-order valence-corrected chi connectivity index (χ0v) is 23.1. The van der Waals surface area contributed by atoms with Crippen molar-refractivity contribution in [2.24, 2.45) is 39.9 Å². The van der Waals surface area contributed by atoms with Crippen molar-refractivity contribution in [3.05, 3.63) is 23.8 Å². The highest BCUT2D eigenvalue weighted by molar-refractivity contribution is 5.84. The lowest BCUT2D eigenvalue weighted by Crippen LogP contribution is -2.62. The third-order valence-electron chi connectivity index (χ3n) is 11.9. The van der Waals surface area contributed by atoms with Crippen LogP contribution in [0, 0.1) is 51.6 Å². The minimum absolute atomic E-state index is 0.0401. The third-order valence-corrected chi connectivity index (χ3v) is 11.9. The maximum atomic E-state index is 14.6. The standard InChI is InChI=1S/C30H41F2N3O3/c1-27(37)13-14-30(17-38-4)18(15-27)9-11-29(3)23-8-5-19(28(23,2)12-10-24(29)30)22(36)16-35-26-21(33-34-35)7-6-20(31)25(26)32/h6-7,18-19,23-24,37H,5,8-17H2,1-4H3/t18-,19+,23+,24-,27+,28+,29-,30+/m0/s1. The van der Waals surface area contributed by atoms with E-state index in [1.807, 2.05) is 14.0 Å². The number of benzene rings is 1. The van der Waals surface area contributed by atoms with Crippen LogP contribution in [0.3, 0.4) is 0 Å². The van der Waals surface area contributed by atoms with Crippen LogP contribution >= 0.6 is 0 Å². The quantitative estimate of drug-likeness (QED) is 0.537. The minimum atomic E-state index is -1.00. The lowest BCUT2D eigenvalue weighted by molar-refractivity contribution is -0.208. The second-order valence-corrected chi connectivity index (χ2v) is 13.8. The highest BCUT2D eigenvalue weighted by Crippen LogP contribution is 2.72. The maximum absolute atomic E-state index is 14.6. The number of rotatable bonds is 5. The van der Waals surface area contributed by atoms with Gasteiger partial charge in [0.25, 0.3) is 0 Å².